The van der Waals surface area contributed by atoms with Crippen LogP contribution in [0.1, 0.15) is 51.4 Å². The van der Waals surface area contributed by atoms with E-state index >= 15 is 0 Å². The van der Waals surface area contributed by atoms with Gasteiger partial charge in [-0.15, -0.1) is 0 Å². The number of rotatable bonds is 7. The Morgan fingerprint density at radius 2 is 1.89 bits per heavy atom. The van der Waals surface area contributed by atoms with E-state index in [1.54, 1.807) is 0 Å². The van der Waals surface area contributed by atoms with Crippen LogP contribution in [-0.4, -0.2) is 37.5 Å². The number of aliphatic hydroxyl groups is 1. The third-order valence-corrected chi connectivity index (χ3v) is 4.61. The average Bonchev–Trinajstić information content (AvgIpc) is 2.92. The van der Waals surface area contributed by atoms with Crippen LogP contribution >= 0.6 is 0 Å². The van der Waals surface area contributed by atoms with Crippen molar-refractivity contribution in [1.29, 1.82) is 0 Å². The zero-order chi connectivity index (χ0) is 12.6. The van der Waals surface area contributed by atoms with Crippen molar-refractivity contribution in [3.63, 3.8) is 0 Å². The predicted molar refractivity (Wildman–Crippen MR) is 73.6 cm³/mol. The lowest BCUT2D eigenvalue weighted by Gasteiger charge is -2.30. The molecule has 3 atom stereocenters. The molecule has 3 heteroatoms. The Labute approximate surface area is 111 Å². The molecule has 3 nitrogen and oxygen atoms in total. The van der Waals surface area contributed by atoms with Crippen molar-refractivity contribution in [2.45, 2.75) is 57.5 Å². The molecule has 106 valence electrons. The van der Waals surface area contributed by atoms with Crippen LogP contribution in [0.4, 0.5) is 0 Å². The Bertz CT molecular complexity index is 217. The fourth-order valence-corrected chi connectivity index (χ4v) is 3.41. The topological polar surface area (TPSA) is 41.5 Å². The summed E-state index contributed by atoms with van der Waals surface area (Å²) in [6, 6.07) is 0. The lowest BCUT2D eigenvalue weighted by molar-refractivity contribution is 0.102. The second-order valence-electron chi connectivity index (χ2n) is 5.97. The number of hydrogen-bond donors (Lipinski definition) is 2. The molecule has 0 aromatic heterocycles. The first-order chi connectivity index (χ1) is 8.90. The Kier molecular flexibility index (Phi) is 6.46. The Balaban J connectivity index is 1.51. The normalized spacial score (nSPS) is 32.8. The minimum Gasteiger partial charge on any atom is -0.396 e. The van der Waals surface area contributed by atoms with Gasteiger partial charge in [0, 0.05) is 13.2 Å². The Hall–Kier alpha value is -0.120. The van der Waals surface area contributed by atoms with Crippen molar-refractivity contribution in [1.82, 2.24) is 5.32 Å². The van der Waals surface area contributed by atoms with Gasteiger partial charge in [-0.05, 0) is 63.5 Å². The summed E-state index contributed by atoms with van der Waals surface area (Å²) in [5.41, 5.74) is 0. The van der Waals surface area contributed by atoms with E-state index in [1.807, 2.05) is 0 Å². The maximum absolute atomic E-state index is 9.36. The van der Waals surface area contributed by atoms with Gasteiger partial charge in [-0.25, -0.2) is 0 Å². The van der Waals surface area contributed by atoms with Crippen molar-refractivity contribution >= 4 is 0 Å². The SMILES string of the molecule is OCC1CCCCC1CNCCCC1CCCO1. The van der Waals surface area contributed by atoms with Gasteiger partial charge in [-0.1, -0.05) is 12.8 Å². The van der Waals surface area contributed by atoms with Crippen molar-refractivity contribution < 1.29 is 9.84 Å². The molecule has 2 aliphatic rings. The molecular weight excluding hydrogens is 226 g/mol. The van der Waals surface area contributed by atoms with E-state index in [2.05, 4.69) is 5.32 Å². The highest BCUT2D eigenvalue weighted by atomic mass is 16.5. The van der Waals surface area contributed by atoms with E-state index in [9.17, 15) is 5.11 Å². The van der Waals surface area contributed by atoms with Gasteiger partial charge < -0.3 is 15.2 Å². The van der Waals surface area contributed by atoms with Crippen LogP contribution in [0.2, 0.25) is 0 Å². The first-order valence-corrected chi connectivity index (χ1v) is 7.83. The molecule has 2 fully saturated rings. The number of ether oxygens (including phenoxy) is 1. The van der Waals surface area contributed by atoms with Crippen LogP contribution in [0.15, 0.2) is 0 Å². The van der Waals surface area contributed by atoms with E-state index in [1.165, 1.54) is 51.4 Å². The van der Waals surface area contributed by atoms with E-state index in [0.717, 1.165) is 19.7 Å². The standard InChI is InChI=1S/C15H29NO2/c17-12-14-6-2-1-5-13(14)11-16-9-3-7-15-8-4-10-18-15/h13-17H,1-12H2. The second kappa shape index (κ2) is 8.13. The summed E-state index contributed by atoms with van der Waals surface area (Å²) in [6.07, 6.45) is 10.6. The van der Waals surface area contributed by atoms with Gasteiger partial charge in [-0.3, -0.25) is 0 Å². The highest BCUT2D eigenvalue weighted by Crippen LogP contribution is 2.29. The van der Waals surface area contributed by atoms with E-state index < -0.39 is 0 Å². The van der Waals surface area contributed by atoms with Gasteiger partial charge in [0.05, 0.1) is 6.10 Å². The molecule has 0 amide bonds. The first kappa shape index (κ1) is 14.3. The van der Waals surface area contributed by atoms with Gasteiger partial charge in [0.25, 0.3) is 0 Å². The molecule has 1 aliphatic heterocycles. The van der Waals surface area contributed by atoms with Crippen LogP contribution in [0.5, 0.6) is 0 Å². The summed E-state index contributed by atoms with van der Waals surface area (Å²) in [5, 5.41) is 12.9. The van der Waals surface area contributed by atoms with Crippen molar-refractivity contribution in [2.75, 3.05) is 26.3 Å². The molecule has 18 heavy (non-hydrogen) atoms. The molecule has 3 unspecified atom stereocenters. The molecule has 2 rings (SSSR count). The van der Waals surface area contributed by atoms with Gasteiger partial charge in [0.1, 0.15) is 0 Å². The van der Waals surface area contributed by atoms with Crippen LogP contribution in [0.25, 0.3) is 0 Å². The molecule has 0 radical (unpaired) electrons. The van der Waals surface area contributed by atoms with Gasteiger partial charge in [-0.2, -0.15) is 0 Å². The molecule has 0 spiro atoms. The van der Waals surface area contributed by atoms with Crippen LogP contribution in [0, 0.1) is 11.8 Å². The molecule has 2 N–H and O–H groups in total. The van der Waals surface area contributed by atoms with E-state index in [0.29, 0.717) is 24.5 Å². The highest BCUT2D eigenvalue weighted by Gasteiger charge is 2.23. The summed E-state index contributed by atoms with van der Waals surface area (Å²) in [4.78, 5) is 0. The molecule has 1 saturated carbocycles. The van der Waals surface area contributed by atoms with Crippen molar-refractivity contribution in [3.05, 3.63) is 0 Å². The summed E-state index contributed by atoms with van der Waals surface area (Å²) in [5.74, 6) is 1.25. The lowest BCUT2D eigenvalue weighted by Crippen LogP contribution is -2.33. The van der Waals surface area contributed by atoms with Crippen LogP contribution in [0.3, 0.4) is 0 Å². The predicted octanol–water partition coefficient (Wildman–Crippen LogP) is 2.33. The third kappa shape index (κ3) is 4.52. The Morgan fingerprint density at radius 3 is 2.61 bits per heavy atom. The maximum Gasteiger partial charge on any atom is 0.0576 e. The summed E-state index contributed by atoms with van der Waals surface area (Å²) < 4.78 is 5.62. The fraction of sp³-hybridized carbons (Fsp3) is 1.00. The quantitative estimate of drug-likeness (QED) is 0.686. The van der Waals surface area contributed by atoms with Gasteiger partial charge in [0.15, 0.2) is 0 Å². The fourth-order valence-electron chi connectivity index (χ4n) is 3.41. The number of nitrogens with one attached hydrogen (secondary N) is 1. The highest BCUT2D eigenvalue weighted by molar-refractivity contribution is 4.76. The molecule has 0 bridgehead atoms. The molecular formula is C15H29NO2. The second-order valence-corrected chi connectivity index (χ2v) is 5.97. The van der Waals surface area contributed by atoms with E-state index in [-0.39, 0.29) is 0 Å². The van der Waals surface area contributed by atoms with Crippen molar-refractivity contribution in [2.24, 2.45) is 11.8 Å². The zero-order valence-electron chi connectivity index (χ0n) is 11.6. The number of hydrogen-bond acceptors (Lipinski definition) is 3. The van der Waals surface area contributed by atoms with Crippen molar-refractivity contribution in [3.8, 4) is 0 Å². The van der Waals surface area contributed by atoms with Gasteiger partial charge in [0.2, 0.25) is 0 Å². The number of aliphatic hydroxyl groups excluding tert-OH is 1. The minimum absolute atomic E-state index is 0.377. The van der Waals surface area contributed by atoms with Crippen LogP contribution < -0.4 is 5.32 Å². The largest absolute Gasteiger partial charge is 0.396 e. The Morgan fingerprint density at radius 1 is 1.06 bits per heavy atom. The smallest absolute Gasteiger partial charge is 0.0576 e. The maximum atomic E-state index is 9.36. The summed E-state index contributed by atoms with van der Waals surface area (Å²) >= 11 is 0. The summed E-state index contributed by atoms with van der Waals surface area (Å²) in [7, 11) is 0. The van der Waals surface area contributed by atoms with Gasteiger partial charge >= 0.3 is 0 Å². The lowest BCUT2D eigenvalue weighted by atomic mass is 9.79. The summed E-state index contributed by atoms with van der Waals surface area (Å²) in [6.45, 7) is 3.55. The monoisotopic (exact) mass is 255 g/mol. The van der Waals surface area contributed by atoms with Crippen LogP contribution in [-0.2, 0) is 4.74 Å². The zero-order valence-corrected chi connectivity index (χ0v) is 11.6. The molecule has 0 aromatic carbocycles. The van der Waals surface area contributed by atoms with E-state index in [4.69, 9.17) is 4.74 Å². The first-order valence-electron chi connectivity index (χ1n) is 7.83. The minimum atomic E-state index is 0.377. The third-order valence-electron chi connectivity index (χ3n) is 4.61. The molecule has 0 aromatic rings. The molecule has 1 aliphatic carbocycles. The average molecular weight is 255 g/mol. The molecule has 1 heterocycles. The molecule has 1 saturated heterocycles.